The minimum absolute atomic E-state index is 0.0649. The summed E-state index contributed by atoms with van der Waals surface area (Å²) in [7, 11) is 3.41. The van der Waals surface area contributed by atoms with E-state index in [1.165, 1.54) is 10.6 Å². The number of hydrogen-bond acceptors (Lipinski definition) is 11. The lowest BCUT2D eigenvalue weighted by molar-refractivity contribution is -0.134. The monoisotopic (exact) mass is 886 g/mol. The molecular formula is C45H50ClF3N10O4. The zero-order chi connectivity index (χ0) is 43.9. The van der Waals surface area contributed by atoms with Crippen LogP contribution in [0.2, 0.25) is 5.02 Å². The highest BCUT2D eigenvalue weighted by atomic mass is 35.5. The van der Waals surface area contributed by atoms with Crippen LogP contribution in [-0.2, 0) is 23.7 Å². The Morgan fingerprint density at radius 3 is 2.44 bits per heavy atom. The van der Waals surface area contributed by atoms with Crippen LogP contribution in [0.1, 0.15) is 81.4 Å². The van der Waals surface area contributed by atoms with Gasteiger partial charge in [-0.3, -0.25) is 24.4 Å². The van der Waals surface area contributed by atoms with Gasteiger partial charge >= 0.3 is 5.92 Å². The summed E-state index contributed by atoms with van der Waals surface area (Å²) in [5.41, 5.74) is 2.92. The first kappa shape index (κ1) is 41.6. The molecule has 3 aromatic heterocycles. The molecule has 3 atom stereocenters. The molecule has 4 aliphatic heterocycles. The molecule has 0 spiro atoms. The fourth-order valence-electron chi connectivity index (χ4n) is 10.4. The maximum absolute atomic E-state index is 15.8. The molecule has 3 saturated heterocycles. The predicted octanol–water partition coefficient (Wildman–Crippen LogP) is 6.97. The van der Waals surface area contributed by atoms with E-state index in [1.54, 1.807) is 36.1 Å². The Bertz CT molecular complexity index is 2710. The van der Waals surface area contributed by atoms with Crippen LogP contribution in [-0.4, -0.2) is 91.8 Å². The summed E-state index contributed by atoms with van der Waals surface area (Å²) in [5.74, 6) is -3.54. The molecule has 5 aliphatic rings. The second-order valence-corrected chi connectivity index (χ2v) is 18.5. The van der Waals surface area contributed by atoms with Crippen molar-refractivity contribution in [2.45, 2.75) is 88.1 Å². The first-order valence-electron chi connectivity index (χ1n) is 22.0. The number of alkyl halides is 2. The van der Waals surface area contributed by atoms with Crippen LogP contribution in [0.25, 0.3) is 21.8 Å². The van der Waals surface area contributed by atoms with E-state index in [-0.39, 0.29) is 47.3 Å². The number of rotatable bonds is 8. The number of imide groups is 1. The summed E-state index contributed by atoms with van der Waals surface area (Å²) in [4.78, 5) is 51.7. The van der Waals surface area contributed by atoms with Gasteiger partial charge in [-0.05, 0) is 119 Å². The lowest BCUT2D eigenvalue weighted by Crippen LogP contribution is -2.47. The average Bonchev–Trinajstić information content (AvgIpc) is 4.08. The molecule has 0 radical (unpaired) electrons. The van der Waals surface area contributed by atoms with Gasteiger partial charge in [-0.25, -0.2) is 18.2 Å². The summed E-state index contributed by atoms with van der Waals surface area (Å²) < 4.78 is 54.8. The minimum Gasteiger partial charge on any atom is -0.480 e. The van der Waals surface area contributed by atoms with E-state index >= 15 is 13.2 Å². The summed E-state index contributed by atoms with van der Waals surface area (Å²) in [6.45, 7) is 4.66. The number of hydrogen-bond donors (Lipinski definition) is 3. The highest BCUT2D eigenvalue weighted by molar-refractivity contribution is 6.33. The van der Waals surface area contributed by atoms with Crippen molar-refractivity contribution in [1.29, 1.82) is 0 Å². The number of carbonyl (C=O) groups is 2. The van der Waals surface area contributed by atoms with Crippen molar-refractivity contribution >= 4 is 68.4 Å². The van der Waals surface area contributed by atoms with Crippen molar-refractivity contribution in [2.75, 3.05) is 48.3 Å². The van der Waals surface area contributed by atoms with E-state index in [1.807, 2.05) is 13.1 Å². The predicted molar refractivity (Wildman–Crippen MR) is 234 cm³/mol. The van der Waals surface area contributed by atoms with Crippen LogP contribution in [0, 0.1) is 17.7 Å². The Hall–Kier alpha value is -5.42. The van der Waals surface area contributed by atoms with Crippen molar-refractivity contribution in [2.24, 2.45) is 25.9 Å². The molecule has 10 rings (SSSR count). The van der Waals surface area contributed by atoms with Crippen LogP contribution in [0.5, 0.6) is 5.75 Å². The number of aryl methyl sites for hydroxylation is 2. The zero-order valence-corrected chi connectivity index (χ0v) is 36.2. The third-order valence-corrected chi connectivity index (χ3v) is 14.5. The average molecular weight is 887 g/mol. The summed E-state index contributed by atoms with van der Waals surface area (Å²) in [6.07, 6.45) is 7.10. The van der Waals surface area contributed by atoms with Gasteiger partial charge in [0.2, 0.25) is 23.5 Å². The lowest BCUT2D eigenvalue weighted by atomic mass is 9.84. The van der Waals surface area contributed by atoms with Gasteiger partial charge in [0, 0.05) is 56.1 Å². The molecule has 1 saturated carbocycles. The first-order chi connectivity index (χ1) is 30.2. The number of likely N-dealkylation sites (tertiary alicyclic amines) is 1. The smallest absolute Gasteiger partial charge is 0.301 e. The van der Waals surface area contributed by atoms with Gasteiger partial charge < -0.3 is 29.7 Å². The number of aromatic nitrogens is 5. The number of carbonyl (C=O) groups excluding carboxylic acids is 2. The number of amides is 2. The van der Waals surface area contributed by atoms with Crippen LogP contribution in [0.15, 0.2) is 41.3 Å². The number of ether oxygens (including phenoxy) is 1. The molecule has 63 heavy (non-hydrogen) atoms. The van der Waals surface area contributed by atoms with Gasteiger partial charge in [-0.15, -0.1) is 0 Å². The summed E-state index contributed by atoms with van der Waals surface area (Å²) in [6, 6.07) is 7.97. The molecule has 5 aromatic rings. The Kier molecular flexibility index (Phi) is 10.5. The van der Waals surface area contributed by atoms with Crippen LogP contribution >= 0.6 is 11.6 Å². The topological polar surface area (TPSA) is 152 Å². The Morgan fingerprint density at radius 2 is 1.71 bits per heavy atom. The molecule has 1 aliphatic carbocycles. The van der Waals surface area contributed by atoms with E-state index in [0.717, 1.165) is 57.4 Å². The highest BCUT2D eigenvalue weighted by Gasteiger charge is 2.51. The third-order valence-electron chi connectivity index (χ3n) is 14.2. The lowest BCUT2D eigenvalue weighted by Gasteiger charge is -2.42. The number of benzene rings is 2. The maximum atomic E-state index is 15.8. The van der Waals surface area contributed by atoms with Gasteiger partial charge in [-0.1, -0.05) is 11.6 Å². The normalized spacial score (nSPS) is 22.9. The summed E-state index contributed by atoms with van der Waals surface area (Å²) in [5, 5.41) is 14.8. The van der Waals surface area contributed by atoms with E-state index in [4.69, 9.17) is 21.3 Å². The van der Waals surface area contributed by atoms with Crippen LogP contribution < -0.4 is 31.1 Å². The van der Waals surface area contributed by atoms with E-state index in [9.17, 15) is 14.4 Å². The van der Waals surface area contributed by atoms with Crippen molar-refractivity contribution in [3.05, 3.63) is 69.0 Å². The minimum atomic E-state index is -3.14. The van der Waals surface area contributed by atoms with E-state index < -0.39 is 30.0 Å². The number of fused-ring (bicyclic) bond motifs is 4. The molecule has 332 valence electrons. The molecule has 2 amide bonds. The Labute approximate surface area is 366 Å². The molecule has 1 unspecified atom stereocenters. The molecule has 14 nitrogen and oxygen atoms in total. The Morgan fingerprint density at radius 1 is 0.952 bits per heavy atom. The molecule has 0 bridgehead atoms. The quantitative estimate of drug-likeness (QED) is 0.139. The number of halogens is 4. The molecule has 18 heteroatoms. The Balaban J connectivity index is 0.783. The maximum Gasteiger partial charge on any atom is 0.301 e. The van der Waals surface area contributed by atoms with Crippen molar-refractivity contribution in [1.82, 2.24) is 34.5 Å². The van der Waals surface area contributed by atoms with Gasteiger partial charge in [0.1, 0.15) is 10.8 Å². The van der Waals surface area contributed by atoms with E-state index in [0.29, 0.717) is 81.2 Å². The summed E-state index contributed by atoms with van der Waals surface area (Å²) >= 11 is 6.64. The fourth-order valence-corrected chi connectivity index (χ4v) is 10.5. The van der Waals surface area contributed by atoms with Gasteiger partial charge in [0.15, 0.2) is 12.4 Å². The van der Waals surface area contributed by atoms with Gasteiger partial charge in [-0.2, -0.15) is 10.1 Å². The van der Waals surface area contributed by atoms with Crippen LogP contribution in [0.3, 0.4) is 0 Å². The number of nitrogens with one attached hydrogen (secondary N) is 3. The molecule has 7 heterocycles. The molecule has 2 aromatic carbocycles. The fraction of sp³-hybridized carbons (Fsp3) is 0.511. The largest absolute Gasteiger partial charge is 0.480 e. The molecule has 3 N–H and O–H groups in total. The van der Waals surface area contributed by atoms with Crippen molar-refractivity contribution < 1.29 is 27.5 Å². The second-order valence-electron chi connectivity index (χ2n) is 18.1. The molecular weight excluding hydrogens is 837 g/mol. The highest BCUT2D eigenvalue weighted by Crippen LogP contribution is 2.46. The van der Waals surface area contributed by atoms with Crippen molar-refractivity contribution in [3.63, 3.8) is 0 Å². The van der Waals surface area contributed by atoms with E-state index in [2.05, 4.69) is 42.8 Å². The second kappa shape index (κ2) is 16.0. The zero-order valence-electron chi connectivity index (χ0n) is 35.4. The number of piperidine rings is 3. The third kappa shape index (κ3) is 7.64. The standard InChI is InChI=1S/C45H50ClF3N10O4/c1-23(58-14-12-25(13-15-58)29-20-35-31(19-33(29)47)37(55-57(35)3)28-7-9-36(60)52-42(28)61)24-10-16-59(17-11-24)44-50-21-32(46)41(54-44)51-27-6-8-34-30(18-27)38-39(43(62)56(34)2)63-22-45(48,49)40(53-38)26-4-5-26/h6,8,18-21,23-26,28,40,53H,4-5,7,9-17,22H2,1-3H3,(H,50,51,54)(H,52,60,61)/t23-,28?,40+/m1/s1. The number of anilines is 4. The number of pyridine rings is 1. The molecule has 4 fully saturated rings. The van der Waals surface area contributed by atoms with Crippen molar-refractivity contribution in [3.8, 4) is 5.75 Å². The SMILES string of the molecule is C[C@H](C1CCN(c2ncc(Cl)c(Nc3ccc4c(c3)c3c(c(=O)n4C)OCC(F)(F)[C@H](C4CC4)N3)n2)CC1)N1CCC(c2cc3c(cc2F)c(C2CCC(=O)NC2=O)nn3C)CC1. The van der Waals surface area contributed by atoms with Crippen LogP contribution in [0.4, 0.5) is 36.3 Å². The first-order valence-corrected chi connectivity index (χ1v) is 22.3. The number of nitrogens with zero attached hydrogens (tertiary/aromatic N) is 7. The van der Waals surface area contributed by atoms with Gasteiger partial charge in [0.05, 0.1) is 40.6 Å². The van der Waals surface area contributed by atoms with Gasteiger partial charge in [0.25, 0.3) is 5.56 Å².